The van der Waals surface area contributed by atoms with Gasteiger partial charge in [-0.1, -0.05) is 42.5 Å². The molecule has 0 aliphatic rings. The van der Waals surface area contributed by atoms with E-state index in [2.05, 4.69) is 16.0 Å². The average molecular weight is 435 g/mol. The molecule has 0 atom stereocenters. The number of benzene rings is 3. The maximum atomic E-state index is 14.1. The Kier molecular flexibility index (Phi) is 8.20. The van der Waals surface area contributed by atoms with Crippen molar-refractivity contribution in [1.29, 1.82) is 0 Å². The van der Waals surface area contributed by atoms with Crippen LogP contribution in [0.4, 0.5) is 15.8 Å². The van der Waals surface area contributed by atoms with Gasteiger partial charge in [0, 0.05) is 5.69 Å². The lowest BCUT2D eigenvalue weighted by molar-refractivity contribution is -0.119. The van der Waals surface area contributed by atoms with Crippen LogP contribution in [0.15, 0.2) is 72.8 Å². The molecule has 0 heterocycles. The fourth-order valence-corrected chi connectivity index (χ4v) is 3.02. The van der Waals surface area contributed by atoms with Crippen LogP contribution in [0, 0.1) is 12.7 Å². The molecule has 0 aliphatic carbocycles. The van der Waals surface area contributed by atoms with Crippen LogP contribution in [-0.4, -0.2) is 31.5 Å². The number of nitrogens with one attached hydrogen (secondary N) is 3. The molecule has 166 valence electrons. The van der Waals surface area contributed by atoms with E-state index in [0.29, 0.717) is 18.8 Å². The summed E-state index contributed by atoms with van der Waals surface area (Å²) in [6, 6.07) is 21.1. The largest absolute Gasteiger partial charge is 0.492 e. The van der Waals surface area contributed by atoms with E-state index < -0.39 is 5.82 Å². The molecule has 0 aliphatic heterocycles. The van der Waals surface area contributed by atoms with Gasteiger partial charge in [0.2, 0.25) is 11.8 Å². The molecule has 6 nitrogen and oxygen atoms in total. The summed E-state index contributed by atoms with van der Waals surface area (Å²) < 4.78 is 19.7. The minimum absolute atomic E-state index is 0.00742. The Bertz CT molecular complexity index is 1060. The van der Waals surface area contributed by atoms with Crippen molar-refractivity contribution < 1.29 is 18.7 Å². The minimum Gasteiger partial charge on any atom is -0.492 e. The lowest BCUT2D eigenvalue weighted by Gasteiger charge is -2.11. The maximum absolute atomic E-state index is 14.1. The third kappa shape index (κ3) is 7.43. The van der Waals surface area contributed by atoms with Crippen molar-refractivity contribution in [3.63, 3.8) is 0 Å². The zero-order valence-corrected chi connectivity index (χ0v) is 17.9. The van der Waals surface area contributed by atoms with Crippen molar-refractivity contribution >= 4 is 23.2 Å². The number of anilines is 2. The van der Waals surface area contributed by atoms with E-state index in [1.807, 2.05) is 61.5 Å². The summed E-state index contributed by atoms with van der Waals surface area (Å²) in [5.41, 5.74) is 2.52. The molecule has 2 amide bonds. The Balaban J connectivity index is 1.42. The van der Waals surface area contributed by atoms with Crippen molar-refractivity contribution in [1.82, 2.24) is 5.32 Å². The predicted octanol–water partition coefficient (Wildman–Crippen LogP) is 3.92. The number of halogens is 1. The van der Waals surface area contributed by atoms with Crippen LogP contribution in [0.3, 0.4) is 0 Å². The molecule has 3 aromatic rings. The standard InChI is InChI=1S/C25H26FN3O3/c1-18-6-5-9-21(14-18)32-13-12-27-25(31)17-28-20-10-11-22(26)23(16-20)29-24(30)15-19-7-3-2-4-8-19/h2-11,14,16,28H,12-13,15,17H2,1H3,(H,27,31)(H,29,30). The second kappa shape index (κ2) is 11.5. The smallest absolute Gasteiger partial charge is 0.239 e. The van der Waals surface area contributed by atoms with Crippen molar-refractivity contribution in [3.05, 3.63) is 89.7 Å². The lowest BCUT2D eigenvalue weighted by Crippen LogP contribution is -2.33. The molecule has 0 bridgehead atoms. The van der Waals surface area contributed by atoms with Crippen molar-refractivity contribution in [2.45, 2.75) is 13.3 Å². The van der Waals surface area contributed by atoms with Gasteiger partial charge in [0.25, 0.3) is 0 Å². The number of carbonyl (C=O) groups is 2. The third-order valence-electron chi connectivity index (χ3n) is 4.58. The Morgan fingerprint density at radius 1 is 0.938 bits per heavy atom. The van der Waals surface area contributed by atoms with Gasteiger partial charge in [-0.05, 0) is 48.4 Å². The molecule has 7 heteroatoms. The minimum atomic E-state index is -0.547. The van der Waals surface area contributed by atoms with Crippen LogP contribution in [0.2, 0.25) is 0 Å². The van der Waals surface area contributed by atoms with Crippen LogP contribution in [0.1, 0.15) is 11.1 Å². The van der Waals surface area contributed by atoms with Gasteiger partial charge in [0.05, 0.1) is 25.2 Å². The summed E-state index contributed by atoms with van der Waals surface area (Å²) in [6.45, 7) is 2.70. The number of ether oxygens (including phenoxy) is 1. The zero-order chi connectivity index (χ0) is 22.8. The highest BCUT2D eigenvalue weighted by Gasteiger charge is 2.10. The molecule has 0 spiro atoms. The first-order chi connectivity index (χ1) is 15.5. The Labute approximate surface area is 186 Å². The molecule has 0 fully saturated rings. The molecule has 3 N–H and O–H groups in total. The van der Waals surface area contributed by atoms with Gasteiger partial charge < -0.3 is 20.7 Å². The Morgan fingerprint density at radius 3 is 2.53 bits per heavy atom. The van der Waals surface area contributed by atoms with Gasteiger partial charge in [-0.15, -0.1) is 0 Å². The van der Waals surface area contributed by atoms with Crippen molar-refractivity contribution in [3.8, 4) is 5.75 Å². The summed E-state index contributed by atoms with van der Waals surface area (Å²) in [5.74, 6) is -0.337. The molecular weight excluding hydrogens is 409 g/mol. The van der Waals surface area contributed by atoms with Crippen LogP contribution < -0.4 is 20.7 Å². The molecule has 0 saturated heterocycles. The zero-order valence-electron chi connectivity index (χ0n) is 17.9. The molecule has 3 rings (SSSR count). The fraction of sp³-hybridized carbons (Fsp3) is 0.200. The molecule has 3 aromatic carbocycles. The van der Waals surface area contributed by atoms with E-state index in [0.717, 1.165) is 16.9 Å². The van der Waals surface area contributed by atoms with Crippen molar-refractivity contribution in [2.75, 3.05) is 30.3 Å². The normalized spacial score (nSPS) is 10.3. The summed E-state index contributed by atoms with van der Waals surface area (Å²) in [5, 5.41) is 8.26. The van der Waals surface area contributed by atoms with Crippen LogP contribution >= 0.6 is 0 Å². The SMILES string of the molecule is Cc1cccc(OCCNC(=O)CNc2ccc(F)c(NC(=O)Cc3ccccc3)c2)c1. The van der Waals surface area contributed by atoms with Crippen LogP contribution in [0.25, 0.3) is 0 Å². The quantitative estimate of drug-likeness (QED) is 0.422. The van der Waals surface area contributed by atoms with E-state index in [-0.39, 0.29) is 30.5 Å². The van der Waals surface area contributed by atoms with Gasteiger partial charge >= 0.3 is 0 Å². The third-order valence-corrected chi connectivity index (χ3v) is 4.58. The molecule has 0 saturated carbocycles. The highest BCUT2D eigenvalue weighted by molar-refractivity contribution is 5.93. The second-order valence-corrected chi connectivity index (χ2v) is 7.27. The van der Waals surface area contributed by atoms with Gasteiger partial charge in [-0.2, -0.15) is 0 Å². The molecule has 0 radical (unpaired) electrons. The highest BCUT2D eigenvalue weighted by atomic mass is 19.1. The van der Waals surface area contributed by atoms with E-state index in [9.17, 15) is 14.0 Å². The summed E-state index contributed by atoms with van der Waals surface area (Å²) >= 11 is 0. The Morgan fingerprint density at radius 2 is 1.75 bits per heavy atom. The first-order valence-electron chi connectivity index (χ1n) is 10.3. The number of carbonyl (C=O) groups excluding carboxylic acids is 2. The van der Waals surface area contributed by atoms with E-state index in [1.54, 1.807) is 0 Å². The maximum Gasteiger partial charge on any atom is 0.239 e. The van der Waals surface area contributed by atoms with Gasteiger partial charge in [-0.3, -0.25) is 9.59 Å². The van der Waals surface area contributed by atoms with Crippen LogP contribution in [-0.2, 0) is 16.0 Å². The summed E-state index contributed by atoms with van der Waals surface area (Å²) in [4.78, 5) is 24.2. The number of hydrogen-bond donors (Lipinski definition) is 3. The van der Waals surface area contributed by atoms with Gasteiger partial charge in [0.1, 0.15) is 18.2 Å². The average Bonchev–Trinajstić information content (AvgIpc) is 2.78. The first-order valence-corrected chi connectivity index (χ1v) is 10.3. The lowest BCUT2D eigenvalue weighted by atomic mass is 10.1. The van der Waals surface area contributed by atoms with Gasteiger partial charge in [-0.25, -0.2) is 4.39 Å². The van der Waals surface area contributed by atoms with E-state index >= 15 is 0 Å². The summed E-state index contributed by atoms with van der Waals surface area (Å²) in [6.07, 6.45) is 0.144. The predicted molar refractivity (Wildman–Crippen MR) is 123 cm³/mol. The van der Waals surface area contributed by atoms with E-state index in [4.69, 9.17) is 4.74 Å². The number of hydrogen-bond acceptors (Lipinski definition) is 4. The molecule has 0 aromatic heterocycles. The Hall–Kier alpha value is -3.87. The molecule has 32 heavy (non-hydrogen) atoms. The highest BCUT2D eigenvalue weighted by Crippen LogP contribution is 2.20. The second-order valence-electron chi connectivity index (χ2n) is 7.27. The molecule has 0 unspecified atom stereocenters. The van der Waals surface area contributed by atoms with Gasteiger partial charge in [0.15, 0.2) is 0 Å². The number of amides is 2. The monoisotopic (exact) mass is 435 g/mol. The first kappa shape index (κ1) is 22.8. The fourth-order valence-electron chi connectivity index (χ4n) is 3.02. The summed E-state index contributed by atoms with van der Waals surface area (Å²) in [7, 11) is 0. The van der Waals surface area contributed by atoms with Crippen molar-refractivity contribution in [2.24, 2.45) is 0 Å². The van der Waals surface area contributed by atoms with E-state index in [1.165, 1.54) is 18.2 Å². The van der Waals surface area contributed by atoms with Crippen LogP contribution in [0.5, 0.6) is 5.75 Å². The number of aryl methyl sites for hydroxylation is 1. The topological polar surface area (TPSA) is 79.5 Å². The number of rotatable bonds is 10. The molecular formula is C25H26FN3O3.